The number of morpholine rings is 1. The van der Waals surface area contributed by atoms with Crippen molar-refractivity contribution >= 4 is 23.7 Å². The molecule has 7 nitrogen and oxygen atoms in total. The monoisotopic (exact) mass is 381 g/mol. The van der Waals surface area contributed by atoms with Crippen molar-refractivity contribution in [2.45, 2.75) is 6.42 Å². The summed E-state index contributed by atoms with van der Waals surface area (Å²) in [6.45, 7) is 3.10. The van der Waals surface area contributed by atoms with Gasteiger partial charge in [-0.3, -0.25) is 9.59 Å². The van der Waals surface area contributed by atoms with E-state index < -0.39 is 0 Å². The van der Waals surface area contributed by atoms with Crippen LogP contribution < -0.4 is 9.64 Å². The lowest BCUT2D eigenvalue weighted by atomic mass is 9.85. The SMILES string of the molecule is COc1cc(N2CCOCC2)ccc1C=NN1C(=O)C2C3C=CC(C3)C2C1=O. The van der Waals surface area contributed by atoms with Crippen LogP contribution in [0.5, 0.6) is 5.75 Å². The average molecular weight is 381 g/mol. The van der Waals surface area contributed by atoms with Crippen LogP contribution in [-0.4, -0.2) is 56.5 Å². The molecule has 0 radical (unpaired) electrons. The van der Waals surface area contributed by atoms with Crippen molar-refractivity contribution in [3.63, 3.8) is 0 Å². The van der Waals surface area contributed by atoms with Gasteiger partial charge in [-0.15, -0.1) is 0 Å². The zero-order chi connectivity index (χ0) is 19.3. The Labute approximate surface area is 163 Å². The first-order valence-electron chi connectivity index (χ1n) is 9.78. The van der Waals surface area contributed by atoms with E-state index in [1.54, 1.807) is 13.3 Å². The van der Waals surface area contributed by atoms with Crippen LogP contribution in [-0.2, 0) is 14.3 Å². The number of allylic oxidation sites excluding steroid dienone is 2. The van der Waals surface area contributed by atoms with Gasteiger partial charge in [-0.05, 0) is 30.4 Å². The normalized spacial score (nSPS) is 31.3. The molecular weight excluding hydrogens is 358 g/mol. The molecule has 1 aromatic rings. The van der Waals surface area contributed by atoms with Gasteiger partial charge in [0, 0.05) is 30.4 Å². The first kappa shape index (κ1) is 17.4. The van der Waals surface area contributed by atoms with Crippen LogP contribution in [0.25, 0.3) is 0 Å². The molecule has 4 aliphatic rings. The molecule has 2 aliphatic carbocycles. The zero-order valence-electron chi connectivity index (χ0n) is 15.8. The summed E-state index contributed by atoms with van der Waals surface area (Å²) in [6, 6.07) is 5.87. The number of methoxy groups -OCH3 is 1. The molecule has 28 heavy (non-hydrogen) atoms. The summed E-state index contributed by atoms with van der Waals surface area (Å²) in [5.74, 6) is 0.228. The largest absolute Gasteiger partial charge is 0.496 e. The number of benzene rings is 1. The van der Waals surface area contributed by atoms with Gasteiger partial charge in [0.2, 0.25) is 0 Å². The predicted octanol–water partition coefficient (Wildman–Crippen LogP) is 1.67. The van der Waals surface area contributed by atoms with Crippen molar-refractivity contribution in [3.8, 4) is 5.75 Å². The Hall–Kier alpha value is -2.67. The number of amides is 2. The highest BCUT2D eigenvalue weighted by molar-refractivity contribution is 6.07. The van der Waals surface area contributed by atoms with Crippen molar-refractivity contribution in [2.24, 2.45) is 28.8 Å². The van der Waals surface area contributed by atoms with E-state index in [0.717, 1.165) is 35.8 Å². The number of hydrazone groups is 1. The zero-order valence-corrected chi connectivity index (χ0v) is 15.8. The summed E-state index contributed by atoms with van der Waals surface area (Å²) in [5, 5.41) is 5.32. The van der Waals surface area contributed by atoms with E-state index in [9.17, 15) is 9.59 Å². The highest BCUT2D eigenvalue weighted by Gasteiger charge is 2.59. The summed E-state index contributed by atoms with van der Waals surface area (Å²) in [5.41, 5.74) is 1.79. The van der Waals surface area contributed by atoms with Crippen LogP contribution in [0.3, 0.4) is 0 Å². The highest BCUT2D eigenvalue weighted by atomic mass is 16.5. The molecule has 2 bridgehead atoms. The van der Waals surface area contributed by atoms with Crippen molar-refractivity contribution in [3.05, 3.63) is 35.9 Å². The van der Waals surface area contributed by atoms with Crippen molar-refractivity contribution in [1.29, 1.82) is 0 Å². The lowest BCUT2D eigenvalue weighted by Gasteiger charge is -2.29. The Bertz CT molecular complexity index is 844. The minimum absolute atomic E-state index is 0.174. The molecule has 2 saturated heterocycles. The van der Waals surface area contributed by atoms with Crippen molar-refractivity contribution in [2.75, 3.05) is 38.3 Å². The molecule has 2 amide bonds. The van der Waals surface area contributed by atoms with Crippen molar-refractivity contribution < 1.29 is 19.1 Å². The molecular formula is C21H23N3O4. The number of imide groups is 1. The van der Waals surface area contributed by atoms with Crippen LogP contribution >= 0.6 is 0 Å². The lowest BCUT2D eigenvalue weighted by Crippen LogP contribution is -2.36. The fourth-order valence-corrected chi connectivity index (χ4v) is 4.95. The molecule has 4 unspecified atom stereocenters. The van der Waals surface area contributed by atoms with E-state index in [1.165, 1.54) is 0 Å². The third-order valence-electron chi connectivity index (χ3n) is 6.35. The number of nitrogens with zero attached hydrogens (tertiary/aromatic N) is 3. The van der Waals surface area contributed by atoms with Gasteiger partial charge < -0.3 is 14.4 Å². The van der Waals surface area contributed by atoms with E-state index >= 15 is 0 Å². The topological polar surface area (TPSA) is 71.4 Å². The number of hydrogen-bond donors (Lipinski definition) is 0. The maximum atomic E-state index is 12.7. The van der Waals surface area contributed by atoms with Gasteiger partial charge in [0.05, 0.1) is 38.4 Å². The fraction of sp³-hybridized carbons (Fsp3) is 0.476. The maximum Gasteiger partial charge on any atom is 0.254 e. The maximum absolute atomic E-state index is 12.7. The summed E-state index contributed by atoms with van der Waals surface area (Å²) in [7, 11) is 1.61. The van der Waals surface area contributed by atoms with Crippen LogP contribution in [0.4, 0.5) is 5.69 Å². The summed E-state index contributed by atoms with van der Waals surface area (Å²) in [6.07, 6.45) is 6.63. The van der Waals surface area contributed by atoms with Crippen LogP contribution in [0, 0.1) is 23.7 Å². The van der Waals surface area contributed by atoms with E-state index in [0.29, 0.717) is 19.0 Å². The van der Waals surface area contributed by atoms with Gasteiger partial charge in [0.1, 0.15) is 5.75 Å². The molecule has 7 heteroatoms. The average Bonchev–Trinajstić information content (AvgIpc) is 3.41. The lowest BCUT2D eigenvalue weighted by molar-refractivity contribution is -0.140. The summed E-state index contributed by atoms with van der Waals surface area (Å²) in [4.78, 5) is 27.7. The predicted molar refractivity (Wildman–Crippen MR) is 103 cm³/mol. The first-order chi connectivity index (χ1) is 13.7. The Morgan fingerprint density at radius 3 is 2.43 bits per heavy atom. The number of anilines is 1. The van der Waals surface area contributed by atoms with Gasteiger partial charge in [-0.2, -0.15) is 10.1 Å². The number of hydrogen-bond acceptors (Lipinski definition) is 6. The number of carbonyl (C=O) groups is 2. The first-order valence-corrected chi connectivity index (χ1v) is 9.78. The quantitative estimate of drug-likeness (QED) is 0.451. The van der Waals surface area contributed by atoms with Gasteiger partial charge in [-0.25, -0.2) is 0 Å². The second kappa shape index (κ2) is 6.74. The molecule has 2 aliphatic heterocycles. The third-order valence-corrected chi connectivity index (χ3v) is 6.35. The third kappa shape index (κ3) is 2.64. The Morgan fingerprint density at radius 2 is 1.79 bits per heavy atom. The molecule has 0 aromatic heterocycles. The van der Waals surface area contributed by atoms with Crippen LogP contribution in [0.1, 0.15) is 12.0 Å². The molecule has 146 valence electrons. The van der Waals surface area contributed by atoms with E-state index in [4.69, 9.17) is 9.47 Å². The molecule has 0 N–H and O–H groups in total. The number of carbonyl (C=O) groups excluding carboxylic acids is 2. The number of rotatable bonds is 4. The van der Waals surface area contributed by atoms with E-state index in [1.807, 2.05) is 18.2 Å². The Morgan fingerprint density at radius 1 is 1.11 bits per heavy atom. The second-order valence-corrected chi connectivity index (χ2v) is 7.76. The Kier molecular flexibility index (Phi) is 4.19. The summed E-state index contributed by atoms with van der Waals surface area (Å²) >= 11 is 0. The molecule has 3 fully saturated rings. The van der Waals surface area contributed by atoms with Crippen LogP contribution in [0.2, 0.25) is 0 Å². The second-order valence-electron chi connectivity index (χ2n) is 7.76. The fourth-order valence-electron chi connectivity index (χ4n) is 4.95. The number of ether oxygens (including phenoxy) is 2. The molecule has 0 spiro atoms. The van der Waals surface area contributed by atoms with E-state index in [2.05, 4.69) is 22.2 Å². The van der Waals surface area contributed by atoms with Crippen molar-refractivity contribution in [1.82, 2.24) is 5.01 Å². The van der Waals surface area contributed by atoms with Gasteiger partial charge in [0.25, 0.3) is 11.8 Å². The number of fused-ring (bicyclic) bond motifs is 5. The van der Waals surface area contributed by atoms with Gasteiger partial charge in [0.15, 0.2) is 0 Å². The summed E-state index contributed by atoms with van der Waals surface area (Å²) < 4.78 is 10.9. The van der Waals surface area contributed by atoms with Crippen LogP contribution in [0.15, 0.2) is 35.5 Å². The smallest absolute Gasteiger partial charge is 0.254 e. The molecule has 2 heterocycles. The molecule has 5 rings (SSSR count). The van der Waals surface area contributed by atoms with E-state index in [-0.39, 0.29) is 35.5 Å². The highest BCUT2D eigenvalue weighted by Crippen LogP contribution is 2.52. The molecule has 1 saturated carbocycles. The molecule has 4 atom stereocenters. The minimum Gasteiger partial charge on any atom is -0.496 e. The van der Waals surface area contributed by atoms with Gasteiger partial charge in [-0.1, -0.05) is 12.2 Å². The minimum atomic E-state index is -0.231. The Balaban J connectivity index is 1.36. The standard InChI is InChI=1S/C21H23N3O4/c1-27-17-11-16(23-6-8-28-9-7-23)5-4-15(17)12-22-24-20(25)18-13-2-3-14(10-13)19(18)21(24)26/h2-5,11-14,18-19H,6-10H2,1H3. The molecule has 1 aromatic carbocycles. The van der Waals surface area contributed by atoms with Gasteiger partial charge >= 0.3 is 0 Å².